The van der Waals surface area contributed by atoms with Gasteiger partial charge in [-0.1, -0.05) is 12.1 Å². The summed E-state index contributed by atoms with van der Waals surface area (Å²) in [5, 5.41) is 16.9. The molecule has 0 saturated carbocycles. The van der Waals surface area contributed by atoms with E-state index < -0.39 is 11.9 Å². The van der Waals surface area contributed by atoms with E-state index in [1.807, 2.05) is 0 Å². The molecule has 0 amide bonds. The van der Waals surface area contributed by atoms with Crippen LogP contribution in [0.1, 0.15) is 20.7 Å². The van der Waals surface area contributed by atoms with Gasteiger partial charge in [0.15, 0.2) is 0 Å². The van der Waals surface area contributed by atoms with Crippen LogP contribution in [0.4, 0.5) is 0 Å². The third kappa shape index (κ3) is 4.49. The van der Waals surface area contributed by atoms with Gasteiger partial charge in [-0.25, -0.2) is 9.59 Å². The first-order chi connectivity index (χ1) is 9.70. The summed E-state index contributed by atoms with van der Waals surface area (Å²) in [7, 11) is 0. The molecule has 0 saturated heterocycles. The average Bonchev–Trinajstić information content (AvgIpc) is 2.47. The van der Waals surface area contributed by atoms with Crippen molar-refractivity contribution in [2.75, 3.05) is 13.2 Å². The van der Waals surface area contributed by atoms with Crippen molar-refractivity contribution in [2.24, 2.45) is 0 Å². The Labute approximate surface area is 115 Å². The number of carbonyl (C=O) groups is 2. The van der Waals surface area contributed by atoms with Crippen LogP contribution in [-0.4, -0.2) is 35.4 Å². The van der Waals surface area contributed by atoms with E-state index in [1.165, 1.54) is 24.3 Å². The number of carbonyl (C=O) groups excluding carboxylic acids is 2. The van der Waals surface area contributed by atoms with E-state index in [1.54, 1.807) is 12.1 Å². The Balaban J connectivity index is 2.81. The molecule has 6 nitrogen and oxygen atoms in total. The maximum Gasteiger partial charge on any atom is 0.339 e. The molecule has 0 heterocycles. The lowest BCUT2D eigenvalue weighted by atomic mass is 10.1. The van der Waals surface area contributed by atoms with E-state index in [4.69, 9.17) is 19.7 Å². The molecule has 1 aromatic carbocycles. The number of ether oxygens (including phenoxy) is 2. The molecule has 0 aromatic heterocycles. The van der Waals surface area contributed by atoms with E-state index in [-0.39, 0.29) is 24.3 Å². The smallest absolute Gasteiger partial charge is 0.339 e. The van der Waals surface area contributed by atoms with Crippen LogP contribution < -0.4 is 0 Å². The minimum atomic E-state index is -0.701. The van der Waals surface area contributed by atoms with Crippen LogP contribution in [0.15, 0.2) is 48.9 Å². The van der Waals surface area contributed by atoms with E-state index in [0.29, 0.717) is 0 Å². The zero-order valence-corrected chi connectivity index (χ0v) is 10.6. The fourth-order valence-electron chi connectivity index (χ4n) is 1.33. The molecule has 0 aliphatic carbocycles. The molecule has 0 aliphatic heterocycles. The minimum Gasteiger partial charge on any atom is -0.516 e. The summed E-state index contributed by atoms with van der Waals surface area (Å²) in [4.78, 5) is 23.6. The molecule has 6 heteroatoms. The summed E-state index contributed by atoms with van der Waals surface area (Å²) in [5.41, 5.74) is 0.133. The molecule has 0 fully saturated rings. The summed E-state index contributed by atoms with van der Waals surface area (Å²) in [6.45, 7) is -0.210. The number of hydrogen-bond acceptors (Lipinski definition) is 6. The Bertz CT molecular complexity index is 471. The van der Waals surface area contributed by atoms with Gasteiger partial charge in [-0.05, 0) is 24.3 Å². The van der Waals surface area contributed by atoms with Crippen molar-refractivity contribution >= 4 is 11.9 Å². The molecule has 0 unspecified atom stereocenters. The number of hydrogen-bond donors (Lipinski definition) is 2. The lowest BCUT2D eigenvalue weighted by molar-refractivity contribution is 0.0501. The van der Waals surface area contributed by atoms with Crippen LogP contribution in [0.3, 0.4) is 0 Å². The highest BCUT2D eigenvalue weighted by Crippen LogP contribution is 2.12. The minimum absolute atomic E-state index is 0.0665. The topological polar surface area (TPSA) is 93.1 Å². The molecular weight excluding hydrogens is 264 g/mol. The lowest BCUT2D eigenvalue weighted by Gasteiger charge is -2.07. The van der Waals surface area contributed by atoms with Crippen LogP contribution in [-0.2, 0) is 9.47 Å². The average molecular weight is 278 g/mol. The number of aliphatic hydroxyl groups excluding tert-OH is 2. The van der Waals surface area contributed by atoms with E-state index >= 15 is 0 Å². The SMILES string of the molecule is O=C(OCC=CO)c1ccccc1C(=O)OCC=CO. The molecule has 1 aromatic rings. The van der Waals surface area contributed by atoms with Gasteiger partial charge >= 0.3 is 11.9 Å². The van der Waals surface area contributed by atoms with Crippen LogP contribution in [0, 0.1) is 0 Å². The molecule has 0 atom stereocenters. The molecule has 0 aliphatic rings. The summed E-state index contributed by atoms with van der Waals surface area (Å²) < 4.78 is 9.67. The van der Waals surface area contributed by atoms with Crippen molar-refractivity contribution in [1.82, 2.24) is 0 Å². The van der Waals surface area contributed by atoms with Crippen molar-refractivity contribution < 1.29 is 29.3 Å². The monoisotopic (exact) mass is 278 g/mol. The molecular formula is C14H14O6. The summed E-state index contributed by atoms with van der Waals surface area (Å²) in [6, 6.07) is 6.04. The van der Waals surface area contributed by atoms with Crippen molar-refractivity contribution in [1.29, 1.82) is 0 Å². The highest BCUT2D eigenvalue weighted by atomic mass is 16.5. The van der Waals surface area contributed by atoms with E-state index in [0.717, 1.165) is 12.5 Å². The van der Waals surface area contributed by atoms with Crippen LogP contribution in [0.2, 0.25) is 0 Å². The third-order valence-corrected chi connectivity index (χ3v) is 2.20. The van der Waals surface area contributed by atoms with Gasteiger partial charge in [-0.2, -0.15) is 0 Å². The van der Waals surface area contributed by atoms with Gasteiger partial charge in [0.25, 0.3) is 0 Å². The van der Waals surface area contributed by atoms with Gasteiger partial charge in [0.05, 0.1) is 23.7 Å². The second-order valence-electron chi connectivity index (χ2n) is 3.51. The third-order valence-electron chi connectivity index (χ3n) is 2.20. The number of esters is 2. The predicted octanol–water partition coefficient (Wildman–Crippen LogP) is 2.14. The second-order valence-corrected chi connectivity index (χ2v) is 3.51. The standard InChI is InChI=1S/C14H14O6/c15-7-3-9-19-13(17)11-5-1-2-6-12(11)14(18)20-10-4-8-16/h1-8,15-16H,9-10H2. The van der Waals surface area contributed by atoms with Crippen molar-refractivity contribution in [3.8, 4) is 0 Å². The van der Waals surface area contributed by atoms with Gasteiger partial charge in [-0.15, -0.1) is 0 Å². The Morgan fingerprint density at radius 3 is 1.65 bits per heavy atom. The molecule has 0 bridgehead atoms. The molecule has 2 N–H and O–H groups in total. The highest BCUT2D eigenvalue weighted by molar-refractivity contribution is 6.03. The summed E-state index contributed by atoms with van der Waals surface area (Å²) >= 11 is 0. The maximum atomic E-state index is 11.8. The first-order valence-corrected chi connectivity index (χ1v) is 5.72. The lowest BCUT2D eigenvalue weighted by Crippen LogP contribution is -2.14. The normalized spacial score (nSPS) is 10.8. The number of aliphatic hydroxyl groups is 2. The van der Waals surface area contributed by atoms with Crippen LogP contribution in [0.25, 0.3) is 0 Å². The van der Waals surface area contributed by atoms with E-state index in [9.17, 15) is 9.59 Å². The first kappa shape index (κ1) is 15.3. The summed E-state index contributed by atoms with van der Waals surface area (Å²) in [5.74, 6) is -1.40. The first-order valence-electron chi connectivity index (χ1n) is 5.72. The second kappa shape index (κ2) is 8.36. The Morgan fingerprint density at radius 2 is 1.30 bits per heavy atom. The van der Waals surface area contributed by atoms with Crippen LogP contribution in [0.5, 0.6) is 0 Å². The zero-order chi connectivity index (χ0) is 14.8. The quantitative estimate of drug-likeness (QED) is 0.611. The molecule has 1 rings (SSSR count). The zero-order valence-electron chi connectivity index (χ0n) is 10.6. The van der Waals surface area contributed by atoms with Gasteiger partial charge in [0, 0.05) is 0 Å². The van der Waals surface area contributed by atoms with Crippen LogP contribution >= 0.6 is 0 Å². The molecule has 0 radical (unpaired) electrons. The fraction of sp³-hybridized carbons (Fsp3) is 0.143. The van der Waals surface area contributed by atoms with Crippen molar-refractivity contribution in [3.05, 3.63) is 60.1 Å². The van der Waals surface area contributed by atoms with Gasteiger partial charge in [-0.3, -0.25) is 0 Å². The Kier molecular flexibility index (Phi) is 6.40. The van der Waals surface area contributed by atoms with Crippen molar-refractivity contribution in [3.63, 3.8) is 0 Å². The largest absolute Gasteiger partial charge is 0.516 e. The van der Waals surface area contributed by atoms with E-state index in [2.05, 4.69) is 0 Å². The van der Waals surface area contributed by atoms with Gasteiger partial charge < -0.3 is 19.7 Å². The van der Waals surface area contributed by atoms with Crippen molar-refractivity contribution in [2.45, 2.75) is 0 Å². The Hall–Kier alpha value is -2.76. The predicted molar refractivity (Wildman–Crippen MR) is 70.5 cm³/mol. The molecule has 0 spiro atoms. The Morgan fingerprint density at radius 1 is 0.900 bits per heavy atom. The number of benzene rings is 1. The molecule has 106 valence electrons. The van der Waals surface area contributed by atoms with Gasteiger partial charge in [0.2, 0.25) is 0 Å². The number of rotatable bonds is 6. The van der Waals surface area contributed by atoms with Gasteiger partial charge in [0.1, 0.15) is 13.2 Å². The fourth-order valence-corrected chi connectivity index (χ4v) is 1.33. The molecule has 20 heavy (non-hydrogen) atoms. The summed E-state index contributed by atoms with van der Waals surface area (Å²) in [6.07, 6.45) is 4.00. The maximum absolute atomic E-state index is 11.8. The highest BCUT2D eigenvalue weighted by Gasteiger charge is 2.18.